The van der Waals surface area contributed by atoms with Crippen LogP contribution < -0.4 is 15.5 Å². The predicted octanol–water partition coefficient (Wildman–Crippen LogP) is 3.71. The average molecular weight is 313 g/mol. The first-order valence-electron chi connectivity index (χ1n) is 6.92. The molecule has 2 aromatic carbocycles. The van der Waals surface area contributed by atoms with Crippen molar-refractivity contribution >= 4 is 28.7 Å². The normalized spacial score (nSPS) is 11.0. The maximum atomic E-state index is 5.27. The molecule has 0 saturated heterocycles. The van der Waals surface area contributed by atoms with Crippen molar-refractivity contribution < 1.29 is 4.74 Å². The summed E-state index contributed by atoms with van der Waals surface area (Å²) in [4.78, 5) is 0. The van der Waals surface area contributed by atoms with Crippen molar-refractivity contribution in [1.29, 1.82) is 0 Å². The molecule has 2 rings (SSSR count). The smallest absolute Gasteiger partial charge is 0.191 e. The minimum Gasteiger partial charge on any atom is -0.495 e. The first-order chi connectivity index (χ1) is 10.6. The van der Waals surface area contributed by atoms with Gasteiger partial charge in [-0.1, -0.05) is 36.4 Å². The number of methoxy groups -OCH3 is 1. The Hall–Kier alpha value is -2.40. The van der Waals surface area contributed by atoms with Gasteiger partial charge in [0.25, 0.3) is 0 Å². The number of ether oxygens (including phenoxy) is 1. The summed E-state index contributed by atoms with van der Waals surface area (Å²) in [5.41, 5.74) is 6.80. The van der Waals surface area contributed by atoms with Crippen LogP contribution in [0.5, 0.6) is 5.75 Å². The number of para-hydroxylation sites is 2. The Labute approximate surface area is 136 Å². The SMILES string of the molecule is COc1ccccc1NC(=S)N/N=C(/C)c1ccccc1C. The highest BCUT2D eigenvalue weighted by atomic mass is 32.1. The fraction of sp³-hybridized carbons (Fsp3) is 0.176. The van der Waals surface area contributed by atoms with Crippen LogP contribution in [0.15, 0.2) is 53.6 Å². The fourth-order valence-corrected chi connectivity index (χ4v) is 2.23. The van der Waals surface area contributed by atoms with Gasteiger partial charge in [-0.3, -0.25) is 5.43 Å². The highest BCUT2D eigenvalue weighted by Gasteiger charge is 2.04. The molecule has 0 unspecified atom stereocenters. The van der Waals surface area contributed by atoms with Crippen LogP contribution in [0.25, 0.3) is 0 Å². The maximum Gasteiger partial charge on any atom is 0.191 e. The molecule has 0 spiro atoms. The lowest BCUT2D eigenvalue weighted by Crippen LogP contribution is -2.25. The summed E-state index contributed by atoms with van der Waals surface area (Å²) < 4.78 is 5.27. The van der Waals surface area contributed by atoms with E-state index in [2.05, 4.69) is 28.8 Å². The highest BCUT2D eigenvalue weighted by Crippen LogP contribution is 2.22. The third-order valence-electron chi connectivity index (χ3n) is 3.22. The van der Waals surface area contributed by atoms with Crippen molar-refractivity contribution in [3.05, 3.63) is 59.7 Å². The molecule has 0 amide bonds. The number of benzene rings is 2. The molecule has 22 heavy (non-hydrogen) atoms. The van der Waals surface area contributed by atoms with Crippen LogP contribution in [0.3, 0.4) is 0 Å². The number of hydrogen-bond acceptors (Lipinski definition) is 3. The second-order valence-corrected chi connectivity index (χ2v) is 5.19. The summed E-state index contributed by atoms with van der Waals surface area (Å²) in [7, 11) is 1.62. The Morgan fingerprint density at radius 2 is 1.77 bits per heavy atom. The van der Waals surface area contributed by atoms with Gasteiger partial charge in [-0.25, -0.2) is 0 Å². The molecular formula is C17H19N3OS. The molecule has 0 radical (unpaired) electrons. The van der Waals surface area contributed by atoms with Gasteiger partial charge in [-0.05, 0) is 43.8 Å². The molecule has 0 aliphatic carbocycles. The van der Waals surface area contributed by atoms with Gasteiger partial charge in [0, 0.05) is 5.56 Å². The van der Waals surface area contributed by atoms with Gasteiger partial charge in [-0.2, -0.15) is 5.10 Å². The summed E-state index contributed by atoms with van der Waals surface area (Å²) in [6.45, 7) is 4.00. The van der Waals surface area contributed by atoms with Gasteiger partial charge in [0.05, 0.1) is 18.5 Å². The molecule has 0 saturated carbocycles. The average Bonchev–Trinajstić information content (AvgIpc) is 2.53. The second kappa shape index (κ2) is 7.56. The lowest BCUT2D eigenvalue weighted by molar-refractivity contribution is 0.417. The molecule has 4 nitrogen and oxygen atoms in total. The molecule has 0 atom stereocenters. The molecule has 0 heterocycles. The number of thiocarbonyl (C=S) groups is 1. The van der Waals surface area contributed by atoms with E-state index in [0.717, 1.165) is 22.7 Å². The molecule has 5 heteroatoms. The third kappa shape index (κ3) is 4.05. The van der Waals surface area contributed by atoms with E-state index in [1.165, 1.54) is 5.56 Å². The van der Waals surface area contributed by atoms with Crippen molar-refractivity contribution in [2.45, 2.75) is 13.8 Å². The second-order valence-electron chi connectivity index (χ2n) is 4.78. The van der Waals surface area contributed by atoms with Crippen molar-refractivity contribution in [2.75, 3.05) is 12.4 Å². The van der Waals surface area contributed by atoms with E-state index in [1.807, 2.05) is 49.4 Å². The van der Waals surface area contributed by atoms with Gasteiger partial charge in [-0.15, -0.1) is 0 Å². The Balaban J connectivity index is 2.03. The summed E-state index contributed by atoms with van der Waals surface area (Å²) in [5.74, 6) is 0.728. The van der Waals surface area contributed by atoms with E-state index in [1.54, 1.807) is 7.11 Å². The number of nitrogens with zero attached hydrogens (tertiary/aromatic N) is 1. The van der Waals surface area contributed by atoms with E-state index >= 15 is 0 Å². The van der Waals surface area contributed by atoms with Gasteiger partial charge >= 0.3 is 0 Å². The van der Waals surface area contributed by atoms with Crippen molar-refractivity contribution in [3.63, 3.8) is 0 Å². The lowest BCUT2D eigenvalue weighted by Gasteiger charge is -2.11. The van der Waals surface area contributed by atoms with Crippen LogP contribution in [0.4, 0.5) is 5.69 Å². The molecule has 0 aliphatic rings. The van der Waals surface area contributed by atoms with Crippen LogP contribution >= 0.6 is 12.2 Å². The van der Waals surface area contributed by atoms with E-state index in [4.69, 9.17) is 17.0 Å². The number of aryl methyl sites for hydroxylation is 1. The zero-order valence-electron chi connectivity index (χ0n) is 12.9. The number of hydrogen-bond donors (Lipinski definition) is 2. The van der Waals surface area contributed by atoms with Crippen LogP contribution in [-0.4, -0.2) is 17.9 Å². The van der Waals surface area contributed by atoms with Gasteiger partial charge in [0.1, 0.15) is 5.75 Å². The largest absolute Gasteiger partial charge is 0.495 e. The minimum atomic E-state index is 0.414. The molecule has 2 aromatic rings. The highest BCUT2D eigenvalue weighted by molar-refractivity contribution is 7.80. The zero-order chi connectivity index (χ0) is 15.9. The minimum absolute atomic E-state index is 0.414. The molecule has 0 fully saturated rings. The molecule has 114 valence electrons. The monoisotopic (exact) mass is 313 g/mol. The number of rotatable bonds is 4. The topological polar surface area (TPSA) is 45.6 Å². The quantitative estimate of drug-likeness (QED) is 0.513. The summed E-state index contributed by atoms with van der Waals surface area (Å²) >= 11 is 5.26. The van der Waals surface area contributed by atoms with Crippen LogP contribution in [0.2, 0.25) is 0 Å². The summed E-state index contributed by atoms with van der Waals surface area (Å²) in [6.07, 6.45) is 0. The number of hydrazone groups is 1. The van der Waals surface area contributed by atoms with Gasteiger partial charge in [0.2, 0.25) is 0 Å². The van der Waals surface area contributed by atoms with Gasteiger partial charge in [0.15, 0.2) is 5.11 Å². The Morgan fingerprint density at radius 1 is 1.09 bits per heavy atom. The Kier molecular flexibility index (Phi) is 5.49. The van der Waals surface area contributed by atoms with E-state index in [0.29, 0.717) is 5.11 Å². The number of nitrogens with one attached hydrogen (secondary N) is 2. The van der Waals surface area contributed by atoms with Crippen LogP contribution in [-0.2, 0) is 0 Å². The first-order valence-corrected chi connectivity index (χ1v) is 7.33. The zero-order valence-corrected chi connectivity index (χ0v) is 13.7. The van der Waals surface area contributed by atoms with Crippen LogP contribution in [0, 0.1) is 6.92 Å². The molecule has 0 aromatic heterocycles. The lowest BCUT2D eigenvalue weighted by atomic mass is 10.1. The third-order valence-corrected chi connectivity index (χ3v) is 3.41. The molecular weight excluding hydrogens is 294 g/mol. The van der Waals surface area contributed by atoms with E-state index < -0.39 is 0 Å². The van der Waals surface area contributed by atoms with E-state index in [-0.39, 0.29) is 0 Å². The molecule has 2 N–H and O–H groups in total. The first kappa shape index (κ1) is 16.0. The Morgan fingerprint density at radius 3 is 2.50 bits per heavy atom. The molecule has 0 bridgehead atoms. The number of anilines is 1. The maximum absolute atomic E-state index is 5.27. The van der Waals surface area contributed by atoms with Crippen molar-refractivity contribution in [3.8, 4) is 5.75 Å². The fourth-order valence-electron chi connectivity index (χ4n) is 2.07. The van der Waals surface area contributed by atoms with Crippen LogP contribution in [0.1, 0.15) is 18.1 Å². The molecule has 0 aliphatic heterocycles. The summed E-state index contributed by atoms with van der Waals surface area (Å²) in [6, 6.07) is 15.7. The van der Waals surface area contributed by atoms with Crippen molar-refractivity contribution in [1.82, 2.24) is 5.43 Å². The van der Waals surface area contributed by atoms with Crippen molar-refractivity contribution in [2.24, 2.45) is 5.10 Å². The van der Waals surface area contributed by atoms with Gasteiger partial charge < -0.3 is 10.1 Å². The van der Waals surface area contributed by atoms with E-state index in [9.17, 15) is 0 Å². The standard InChI is InChI=1S/C17H19N3OS/c1-12-8-4-5-9-14(12)13(2)19-20-17(22)18-15-10-6-7-11-16(15)21-3/h4-11H,1-3H3,(H2,18,20,22)/b19-13-. The predicted molar refractivity (Wildman–Crippen MR) is 95.7 cm³/mol. The Bertz CT molecular complexity index is 698. The summed E-state index contributed by atoms with van der Waals surface area (Å²) in [5, 5.41) is 7.81.